The van der Waals surface area contributed by atoms with Crippen LogP contribution in [0.1, 0.15) is 20.7 Å². The van der Waals surface area contributed by atoms with Crippen molar-refractivity contribution in [3.05, 3.63) is 33.8 Å². The molecule has 0 saturated heterocycles. The Morgan fingerprint density at radius 2 is 1.80 bits per heavy atom. The van der Waals surface area contributed by atoms with Crippen LogP contribution < -0.4 is 5.32 Å². The largest absolute Gasteiger partial charge is 0.401 e. The van der Waals surface area contributed by atoms with Crippen molar-refractivity contribution >= 4 is 27.7 Å². The molecule has 1 aromatic rings. The van der Waals surface area contributed by atoms with Crippen molar-refractivity contribution in [1.82, 2.24) is 10.2 Å². The van der Waals surface area contributed by atoms with Gasteiger partial charge in [0.05, 0.1) is 17.7 Å². The summed E-state index contributed by atoms with van der Waals surface area (Å²) < 4.78 is 36.5. The first-order valence-corrected chi connectivity index (χ1v) is 6.52. The number of benzene rings is 1. The van der Waals surface area contributed by atoms with E-state index in [9.17, 15) is 22.8 Å². The minimum Gasteiger partial charge on any atom is -0.307 e. The molecule has 0 spiro atoms. The molecule has 1 aromatic carbocycles. The van der Waals surface area contributed by atoms with Crippen LogP contribution in [-0.2, 0) is 0 Å². The third-order valence-electron chi connectivity index (χ3n) is 2.77. The average molecular weight is 351 g/mol. The molecule has 0 radical (unpaired) electrons. The second-order valence-electron chi connectivity index (χ2n) is 4.24. The molecule has 2 rings (SSSR count). The summed E-state index contributed by atoms with van der Waals surface area (Å²) in [5.41, 5.74) is 0.536. The number of halogens is 4. The smallest absolute Gasteiger partial charge is 0.307 e. The van der Waals surface area contributed by atoms with Crippen LogP contribution in [0.5, 0.6) is 0 Å². The van der Waals surface area contributed by atoms with Gasteiger partial charge in [0.25, 0.3) is 11.8 Å². The molecular weight excluding hydrogens is 341 g/mol. The van der Waals surface area contributed by atoms with Crippen molar-refractivity contribution in [3.8, 4) is 0 Å². The molecule has 0 unspecified atom stereocenters. The zero-order chi connectivity index (χ0) is 14.9. The third kappa shape index (κ3) is 3.18. The highest BCUT2D eigenvalue weighted by Crippen LogP contribution is 2.25. The van der Waals surface area contributed by atoms with Crippen molar-refractivity contribution in [2.75, 3.05) is 19.6 Å². The van der Waals surface area contributed by atoms with Gasteiger partial charge < -0.3 is 5.32 Å². The lowest BCUT2D eigenvalue weighted by Gasteiger charge is -2.14. The van der Waals surface area contributed by atoms with E-state index in [2.05, 4.69) is 21.2 Å². The van der Waals surface area contributed by atoms with E-state index >= 15 is 0 Å². The van der Waals surface area contributed by atoms with E-state index in [1.807, 2.05) is 0 Å². The van der Waals surface area contributed by atoms with Crippen molar-refractivity contribution < 1.29 is 22.8 Å². The van der Waals surface area contributed by atoms with Gasteiger partial charge in [0.2, 0.25) is 0 Å². The maximum atomic E-state index is 12.0. The van der Waals surface area contributed by atoms with Crippen LogP contribution >= 0.6 is 15.9 Å². The zero-order valence-electron chi connectivity index (χ0n) is 10.1. The Balaban J connectivity index is 1.99. The summed E-state index contributed by atoms with van der Waals surface area (Å²) >= 11 is 3.20. The lowest BCUT2D eigenvalue weighted by atomic mass is 10.1. The number of nitrogens with one attached hydrogen (secondary N) is 1. The Bertz CT molecular complexity index is 560. The van der Waals surface area contributed by atoms with Crippen molar-refractivity contribution in [2.24, 2.45) is 0 Å². The molecule has 108 valence electrons. The number of amides is 2. The van der Waals surface area contributed by atoms with E-state index in [-0.39, 0.29) is 24.2 Å². The van der Waals surface area contributed by atoms with Gasteiger partial charge >= 0.3 is 6.18 Å². The van der Waals surface area contributed by atoms with Crippen molar-refractivity contribution in [2.45, 2.75) is 6.18 Å². The van der Waals surface area contributed by atoms with E-state index in [1.165, 1.54) is 12.1 Å². The molecule has 20 heavy (non-hydrogen) atoms. The molecule has 1 aliphatic heterocycles. The molecule has 1 N–H and O–H groups in total. The summed E-state index contributed by atoms with van der Waals surface area (Å²) in [7, 11) is 0. The number of alkyl halides is 3. The summed E-state index contributed by atoms with van der Waals surface area (Å²) in [5, 5.41) is 2.15. The first-order valence-electron chi connectivity index (χ1n) is 5.73. The highest BCUT2D eigenvalue weighted by Gasteiger charge is 2.35. The van der Waals surface area contributed by atoms with E-state index in [1.54, 1.807) is 6.07 Å². The van der Waals surface area contributed by atoms with Gasteiger partial charge in [-0.25, -0.2) is 0 Å². The molecule has 2 amide bonds. The van der Waals surface area contributed by atoms with Crippen LogP contribution in [-0.4, -0.2) is 42.5 Å². The number of nitrogens with zero attached hydrogens (tertiary/aromatic N) is 1. The average Bonchev–Trinajstić information content (AvgIpc) is 2.57. The predicted octanol–water partition coefficient (Wildman–Crippen LogP) is 2.20. The molecule has 0 aromatic heterocycles. The number of rotatable bonds is 4. The normalized spacial score (nSPS) is 14.9. The monoisotopic (exact) mass is 350 g/mol. The second kappa shape index (κ2) is 5.53. The summed E-state index contributed by atoms with van der Waals surface area (Å²) in [6.07, 6.45) is -4.31. The standard InChI is InChI=1S/C12H10BrF3N2O2/c13-7-1-2-8-9(5-7)11(20)18(10(8)19)4-3-17-6-12(14,15)16/h1-2,5,17H,3-4,6H2. The molecule has 8 heteroatoms. The van der Waals surface area contributed by atoms with Crippen LogP contribution in [0.15, 0.2) is 22.7 Å². The van der Waals surface area contributed by atoms with Gasteiger partial charge in [-0.15, -0.1) is 0 Å². The number of carbonyl (C=O) groups excluding carboxylic acids is 2. The van der Waals surface area contributed by atoms with Crippen molar-refractivity contribution in [1.29, 1.82) is 0 Å². The SMILES string of the molecule is O=C1c2ccc(Br)cc2C(=O)N1CCNCC(F)(F)F. The lowest BCUT2D eigenvalue weighted by Crippen LogP contribution is -2.39. The number of hydrogen-bond acceptors (Lipinski definition) is 3. The Labute approximate surface area is 121 Å². The van der Waals surface area contributed by atoms with E-state index in [0.29, 0.717) is 4.47 Å². The Hall–Kier alpha value is -1.41. The summed E-state index contributed by atoms with van der Waals surface area (Å²) in [6.45, 7) is -1.35. The number of hydrogen-bond donors (Lipinski definition) is 1. The molecule has 0 atom stereocenters. The van der Waals surface area contributed by atoms with Gasteiger partial charge in [-0.05, 0) is 18.2 Å². The van der Waals surface area contributed by atoms with Crippen LogP contribution in [0.25, 0.3) is 0 Å². The topological polar surface area (TPSA) is 49.4 Å². The summed E-state index contributed by atoms with van der Waals surface area (Å²) in [5.74, 6) is -0.966. The lowest BCUT2D eigenvalue weighted by molar-refractivity contribution is -0.124. The quantitative estimate of drug-likeness (QED) is 0.669. The highest BCUT2D eigenvalue weighted by molar-refractivity contribution is 9.10. The highest BCUT2D eigenvalue weighted by atomic mass is 79.9. The molecule has 0 fully saturated rings. The fourth-order valence-corrected chi connectivity index (χ4v) is 2.25. The van der Waals surface area contributed by atoms with E-state index in [0.717, 1.165) is 4.90 Å². The van der Waals surface area contributed by atoms with Gasteiger partial charge in [0.1, 0.15) is 0 Å². The predicted molar refractivity (Wildman–Crippen MR) is 68.4 cm³/mol. The maximum Gasteiger partial charge on any atom is 0.401 e. The van der Waals surface area contributed by atoms with Crippen molar-refractivity contribution in [3.63, 3.8) is 0 Å². The fourth-order valence-electron chi connectivity index (χ4n) is 1.89. The van der Waals surface area contributed by atoms with Crippen LogP contribution in [0.4, 0.5) is 13.2 Å². The molecule has 1 heterocycles. The first kappa shape index (κ1) is 15.0. The van der Waals surface area contributed by atoms with E-state index in [4.69, 9.17) is 0 Å². The Morgan fingerprint density at radius 1 is 1.15 bits per heavy atom. The number of carbonyl (C=O) groups is 2. The Morgan fingerprint density at radius 3 is 2.45 bits per heavy atom. The molecule has 0 aliphatic carbocycles. The number of fused-ring (bicyclic) bond motifs is 1. The van der Waals surface area contributed by atoms with Crippen LogP contribution in [0.3, 0.4) is 0 Å². The molecular formula is C12H10BrF3N2O2. The van der Waals surface area contributed by atoms with E-state index < -0.39 is 24.5 Å². The minimum atomic E-state index is -4.31. The maximum absolute atomic E-state index is 12.0. The minimum absolute atomic E-state index is 0.0972. The number of imide groups is 1. The summed E-state index contributed by atoms with van der Waals surface area (Å²) in [4.78, 5) is 24.9. The van der Waals surface area contributed by atoms with Gasteiger partial charge in [0.15, 0.2) is 0 Å². The first-order chi connectivity index (χ1) is 9.29. The van der Waals surface area contributed by atoms with Gasteiger partial charge in [-0.2, -0.15) is 13.2 Å². The Kier molecular flexibility index (Phi) is 4.14. The summed E-state index contributed by atoms with van der Waals surface area (Å²) in [6, 6.07) is 4.68. The van der Waals surface area contributed by atoms with Gasteiger partial charge in [0, 0.05) is 17.6 Å². The fraction of sp³-hybridized carbons (Fsp3) is 0.333. The second-order valence-corrected chi connectivity index (χ2v) is 5.16. The third-order valence-corrected chi connectivity index (χ3v) is 3.26. The molecule has 0 bridgehead atoms. The molecule has 1 aliphatic rings. The van der Waals surface area contributed by atoms with Crippen LogP contribution in [0, 0.1) is 0 Å². The van der Waals surface area contributed by atoms with Crippen LogP contribution in [0.2, 0.25) is 0 Å². The van der Waals surface area contributed by atoms with Gasteiger partial charge in [-0.1, -0.05) is 15.9 Å². The van der Waals surface area contributed by atoms with Gasteiger partial charge in [-0.3, -0.25) is 14.5 Å². The zero-order valence-corrected chi connectivity index (χ0v) is 11.7. The molecule has 4 nitrogen and oxygen atoms in total. The molecule has 0 saturated carbocycles.